The Morgan fingerprint density at radius 3 is 2.14 bits per heavy atom. The Balaban J connectivity index is 2.29. The molecule has 8 heteroatoms. The number of nitro benzene ring substituents is 1. The van der Waals surface area contributed by atoms with Crippen LogP contribution in [-0.2, 0) is 0 Å². The maximum atomic E-state index is 10.6. The van der Waals surface area contributed by atoms with E-state index in [1.165, 1.54) is 24.3 Å². The second kappa shape index (κ2) is 7.49. The summed E-state index contributed by atoms with van der Waals surface area (Å²) in [6.07, 6.45) is 0. The zero-order valence-corrected chi connectivity index (χ0v) is 14.0. The minimum atomic E-state index is -0.487. The SMILES string of the molecule is O=[N+]([O-])c1ccc(C(N=Nc2ccc(Br)cc2)=C(Cl)Cl)cc1. The van der Waals surface area contributed by atoms with Crippen molar-refractivity contribution in [3.63, 3.8) is 0 Å². The van der Waals surface area contributed by atoms with Gasteiger partial charge in [0, 0.05) is 22.2 Å². The largest absolute Gasteiger partial charge is 0.269 e. The van der Waals surface area contributed by atoms with Crippen molar-refractivity contribution in [1.82, 2.24) is 0 Å². The molecule has 112 valence electrons. The predicted octanol–water partition coefficient (Wildman–Crippen LogP) is 6.24. The number of rotatable bonds is 4. The molecule has 22 heavy (non-hydrogen) atoms. The summed E-state index contributed by atoms with van der Waals surface area (Å²) >= 11 is 15.0. The van der Waals surface area contributed by atoms with E-state index < -0.39 is 4.92 Å². The van der Waals surface area contributed by atoms with Gasteiger partial charge in [0.25, 0.3) is 5.69 Å². The standard InChI is InChI=1S/C14H8BrCl2N3O2/c15-10-3-5-11(6-4-10)18-19-13(14(16)17)9-1-7-12(8-2-9)20(21)22/h1-8H. The van der Waals surface area contributed by atoms with Gasteiger partial charge in [-0.05, 0) is 36.4 Å². The van der Waals surface area contributed by atoms with Crippen LogP contribution in [0.3, 0.4) is 0 Å². The molecule has 0 aliphatic heterocycles. The first-order valence-corrected chi connectivity index (χ1v) is 7.49. The molecule has 0 aliphatic carbocycles. The monoisotopic (exact) mass is 399 g/mol. The molecule has 0 saturated carbocycles. The Kier molecular flexibility index (Phi) is 5.65. The summed E-state index contributed by atoms with van der Waals surface area (Å²) in [5.74, 6) is 0. The van der Waals surface area contributed by atoms with Gasteiger partial charge in [-0.3, -0.25) is 10.1 Å². The summed E-state index contributed by atoms with van der Waals surface area (Å²) in [7, 11) is 0. The minimum Gasteiger partial charge on any atom is -0.258 e. The molecular formula is C14H8BrCl2N3O2. The normalized spacial score (nSPS) is 10.7. The first kappa shape index (κ1) is 16.6. The third-order valence-electron chi connectivity index (χ3n) is 2.62. The van der Waals surface area contributed by atoms with Crippen molar-refractivity contribution in [3.8, 4) is 0 Å². The molecule has 0 heterocycles. The van der Waals surface area contributed by atoms with Gasteiger partial charge in [0.2, 0.25) is 0 Å². The summed E-state index contributed by atoms with van der Waals surface area (Å²) in [6, 6.07) is 12.9. The van der Waals surface area contributed by atoms with Gasteiger partial charge in [0.1, 0.15) is 10.2 Å². The van der Waals surface area contributed by atoms with Crippen LogP contribution in [0.15, 0.2) is 67.7 Å². The molecule has 0 aromatic heterocycles. The molecule has 0 atom stereocenters. The number of halogens is 3. The average Bonchev–Trinajstić information content (AvgIpc) is 2.49. The van der Waals surface area contributed by atoms with E-state index >= 15 is 0 Å². The third kappa shape index (κ3) is 4.37. The fraction of sp³-hybridized carbons (Fsp3) is 0. The van der Waals surface area contributed by atoms with Gasteiger partial charge in [-0.2, -0.15) is 5.11 Å². The number of nitro groups is 1. The van der Waals surface area contributed by atoms with E-state index in [1.807, 2.05) is 12.1 Å². The summed E-state index contributed by atoms with van der Waals surface area (Å²) in [6.45, 7) is 0. The van der Waals surface area contributed by atoms with Gasteiger partial charge in [-0.1, -0.05) is 39.1 Å². The molecule has 2 rings (SSSR count). The first-order chi connectivity index (χ1) is 10.5. The molecule has 2 aromatic rings. The van der Waals surface area contributed by atoms with Crippen molar-refractivity contribution in [2.45, 2.75) is 0 Å². The Morgan fingerprint density at radius 1 is 1.05 bits per heavy atom. The second-order valence-electron chi connectivity index (χ2n) is 4.09. The average molecular weight is 401 g/mol. The van der Waals surface area contributed by atoms with Gasteiger partial charge < -0.3 is 0 Å². The van der Waals surface area contributed by atoms with Crippen LogP contribution in [0.25, 0.3) is 5.70 Å². The molecule has 0 radical (unpaired) electrons. The number of non-ortho nitro benzene ring substituents is 1. The highest BCUT2D eigenvalue weighted by Gasteiger charge is 2.09. The first-order valence-electron chi connectivity index (χ1n) is 5.95. The van der Waals surface area contributed by atoms with Crippen LogP contribution in [0.2, 0.25) is 0 Å². The molecule has 0 N–H and O–H groups in total. The van der Waals surface area contributed by atoms with Crippen LogP contribution in [0.4, 0.5) is 11.4 Å². The van der Waals surface area contributed by atoms with Crippen molar-refractivity contribution in [2.75, 3.05) is 0 Å². The van der Waals surface area contributed by atoms with Gasteiger partial charge in [0.05, 0.1) is 10.6 Å². The van der Waals surface area contributed by atoms with E-state index in [2.05, 4.69) is 26.2 Å². The molecule has 2 aromatic carbocycles. The van der Waals surface area contributed by atoms with Crippen molar-refractivity contribution in [2.24, 2.45) is 10.2 Å². The zero-order valence-electron chi connectivity index (χ0n) is 10.9. The number of azo groups is 1. The highest BCUT2D eigenvalue weighted by molar-refractivity contribution is 9.10. The Morgan fingerprint density at radius 2 is 1.64 bits per heavy atom. The Hall–Kier alpha value is -1.76. The fourth-order valence-electron chi connectivity index (χ4n) is 1.56. The van der Waals surface area contributed by atoms with Crippen molar-refractivity contribution < 1.29 is 4.92 Å². The van der Waals surface area contributed by atoms with Gasteiger partial charge in [-0.25, -0.2) is 0 Å². The third-order valence-corrected chi connectivity index (χ3v) is 3.51. The molecule has 0 unspecified atom stereocenters. The van der Waals surface area contributed by atoms with E-state index in [-0.39, 0.29) is 15.9 Å². The summed E-state index contributed by atoms with van der Waals surface area (Å²) < 4.78 is 0.850. The fourth-order valence-corrected chi connectivity index (χ4v) is 2.12. The van der Waals surface area contributed by atoms with Crippen LogP contribution in [-0.4, -0.2) is 4.92 Å². The zero-order chi connectivity index (χ0) is 16.1. The van der Waals surface area contributed by atoms with Gasteiger partial charge in [-0.15, -0.1) is 5.11 Å². The van der Waals surface area contributed by atoms with Crippen LogP contribution in [0.1, 0.15) is 5.56 Å². The summed E-state index contributed by atoms with van der Waals surface area (Å²) in [5, 5.41) is 18.7. The van der Waals surface area contributed by atoms with Crippen LogP contribution >= 0.6 is 39.1 Å². The summed E-state index contributed by atoms with van der Waals surface area (Å²) in [4.78, 5) is 10.2. The number of benzene rings is 2. The van der Waals surface area contributed by atoms with Crippen molar-refractivity contribution in [3.05, 3.63) is 73.2 Å². The molecule has 5 nitrogen and oxygen atoms in total. The maximum Gasteiger partial charge on any atom is 0.269 e. The molecule has 0 aliphatic rings. The molecule has 0 spiro atoms. The lowest BCUT2D eigenvalue weighted by atomic mass is 10.1. The lowest BCUT2D eigenvalue weighted by molar-refractivity contribution is -0.384. The lowest BCUT2D eigenvalue weighted by Crippen LogP contribution is -1.88. The minimum absolute atomic E-state index is 0.0290. The smallest absolute Gasteiger partial charge is 0.258 e. The molecule has 0 fully saturated rings. The highest BCUT2D eigenvalue weighted by atomic mass is 79.9. The predicted molar refractivity (Wildman–Crippen MR) is 90.4 cm³/mol. The van der Waals surface area contributed by atoms with Gasteiger partial charge in [0.15, 0.2) is 0 Å². The van der Waals surface area contributed by atoms with E-state index in [4.69, 9.17) is 23.2 Å². The molecule has 0 bridgehead atoms. The molecular weight excluding hydrogens is 393 g/mol. The Bertz CT molecular complexity index is 740. The second-order valence-corrected chi connectivity index (χ2v) is 5.95. The van der Waals surface area contributed by atoms with Crippen molar-refractivity contribution in [1.29, 1.82) is 0 Å². The number of hydrogen-bond acceptors (Lipinski definition) is 4. The van der Waals surface area contributed by atoms with Gasteiger partial charge >= 0.3 is 0 Å². The number of nitrogens with zero attached hydrogens (tertiary/aromatic N) is 3. The summed E-state index contributed by atoms with van der Waals surface area (Å²) in [5.41, 5.74) is 1.36. The molecule has 0 amide bonds. The van der Waals surface area contributed by atoms with E-state index in [9.17, 15) is 10.1 Å². The van der Waals surface area contributed by atoms with E-state index in [1.54, 1.807) is 12.1 Å². The quantitative estimate of drug-likeness (QED) is 0.346. The number of hydrogen-bond donors (Lipinski definition) is 0. The highest BCUT2D eigenvalue weighted by Crippen LogP contribution is 2.29. The van der Waals surface area contributed by atoms with Crippen molar-refractivity contribution >= 4 is 56.2 Å². The Labute approximate surface area is 144 Å². The topological polar surface area (TPSA) is 67.9 Å². The van der Waals surface area contributed by atoms with Crippen LogP contribution in [0, 0.1) is 10.1 Å². The van der Waals surface area contributed by atoms with Crippen LogP contribution in [0.5, 0.6) is 0 Å². The van der Waals surface area contributed by atoms with Crippen LogP contribution < -0.4 is 0 Å². The van der Waals surface area contributed by atoms with E-state index in [0.717, 1.165) is 4.47 Å². The molecule has 0 saturated heterocycles. The maximum absolute atomic E-state index is 10.6. The van der Waals surface area contributed by atoms with E-state index in [0.29, 0.717) is 11.3 Å². The lowest BCUT2D eigenvalue weighted by Gasteiger charge is -2.01.